The van der Waals surface area contributed by atoms with E-state index in [1.165, 1.54) is 45.1 Å². The van der Waals surface area contributed by atoms with Gasteiger partial charge in [0.05, 0.1) is 6.20 Å². The van der Waals surface area contributed by atoms with Crippen molar-refractivity contribution in [2.24, 2.45) is 0 Å². The zero-order chi connectivity index (χ0) is 14.7. The third kappa shape index (κ3) is 3.67. The molecule has 1 aliphatic heterocycles. The van der Waals surface area contributed by atoms with Crippen LogP contribution in [0.4, 0.5) is 5.82 Å². The average Bonchev–Trinajstić information content (AvgIpc) is 2.76. The molecule has 5 heteroatoms. The summed E-state index contributed by atoms with van der Waals surface area (Å²) in [6.45, 7) is 6.32. The molecular formula is C16H25ClN4. The molecular weight excluding hydrogens is 284 g/mol. The molecule has 0 radical (unpaired) electrons. The van der Waals surface area contributed by atoms with Crippen LogP contribution in [-0.4, -0.2) is 47.1 Å². The van der Waals surface area contributed by atoms with Gasteiger partial charge in [-0.05, 0) is 26.2 Å². The molecule has 0 amide bonds. The van der Waals surface area contributed by atoms with Crippen molar-refractivity contribution in [2.45, 2.75) is 51.5 Å². The molecule has 2 aliphatic rings. The van der Waals surface area contributed by atoms with Crippen molar-refractivity contribution in [1.82, 2.24) is 14.9 Å². The standard InChI is InChI=1S/C16H25ClN4/c1-13-18-12-15(17)16(19-13)21-9-5-8-20(10-11-21)14-6-3-2-4-7-14/h12,14H,2-11H2,1H3. The van der Waals surface area contributed by atoms with Gasteiger partial charge in [0.15, 0.2) is 5.82 Å². The Morgan fingerprint density at radius 1 is 1.05 bits per heavy atom. The normalized spacial score (nSPS) is 22.3. The number of hydrogen-bond donors (Lipinski definition) is 0. The quantitative estimate of drug-likeness (QED) is 0.839. The molecule has 0 atom stereocenters. The first kappa shape index (κ1) is 15.0. The Kier molecular flexibility index (Phi) is 4.96. The monoisotopic (exact) mass is 308 g/mol. The van der Waals surface area contributed by atoms with Gasteiger partial charge in [-0.3, -0.25) is 4.90 Å². The van der Waals surface area contributed by atoms with Crippen LogP contribution >= 0.6 is 11.6 Å². The smallest absolute Gasteiger partial charge is 0.151 e. The number of hydrogen-bond acceptors (Lipinski definition) is 4. The Morgan fingerprint density at radius 2 is 1.86 bits per heavy atom. The van der Waals surface area contributed by atoms with E-state index in [2.05, 4.69) is 19.8 Å². The molecule has 21 heavy (non-hydrogen) atoms. The second-order valence-electron chi connectivity index (χ2n) is 6.26. The third-order valence-corrected chi connectivity index (χ3v) is 5.03. The Bertz CT molecular complexity index is 473. The second-order valence-corrected chi connectivity index (χ2v) is 6.66. The zero-order valence-corrected chi connectivity index (χ0v) is 13.6. The van der Waals surface area contributed by atoms with Crippen LogP contribution in [0, 0.1) is 6.92 Å². The van der Waals surface area contributed by atoms with E-state index in [1.54, 1.807) is 6.20 Å². The van der Waals surface area contributed by atoms with Gasteiger partial charge < -0.3 is 4.90 Å². The average molecular weight is 309 g/mol. The van der Waals surface area contributed by atoms with Crippen molar-refractivity contribution in [3.63, 3.8) is 0 Å². The maximum Gasteiger partial charge on any atom is 0.151 e. The third-order valence-electron chi connectivity index (χ3n) is 4.77. The zero-order valence-electron chi connectivity index (χ0n) is 12.9. The lowest BCUT2D eigenvalue weighted by molar-refractivity contribution is 0.166. The number of anilines is 1. The maximum atomic E-state index is 6.29. The number of nitrogens with zero attached hydrogens (tertiary/aromatic N) is 4. The van der Waals surface area contributed by atoms with Crippen molar-refractivity contribution >= 4 is 17.4 Å². The molecule has 1 saturated heterocycles. The predicted octanol–water partition coefficient (Wildman–Crippen LogP) is 3.28. The van der Waals surface area contributed by atoms with Gasteiger partial charge in [0.1, 0.15) is 10.8 Å². The summed E-state index contributed by atoms with van der Waals surface area (Å²) in [6, 6.07) is 0.807. The van der Waals surface area contributed by atoms with Crippen LogP contribution < -0.4 is 4.90 Å². The lowest BCUT2D eigenvalue weighted by Crippen LogP contribution is -2.39. The van der Waals surface area contributed by atoms with Gasteiger partial charge in [-0.1, -0.05) is 30.9 Å². The van der Waals surface area contributed by atoms with Gasteiger partial charge in [0.25, 0.3) is 0 Å². The Morgan fingerprint density at radius 3 is 2.67 bits per heavy atom. The second kappa shape index (κ2) is 6.93. The fourth-order valence-electron chi connectivity index (χ4n) is 3.63. The van der Waals surface area contributed by atoms with Crippen LogP contribution in [0.25, 0.3) is 0 Å². The number of aryl methyl sites for hydroxylation is 1. The first-order valence-corrected chi connectivity index (χ1v) is 8.60. The molecule has 3 rings (SSSR count). The first-order chi connectivity index (χ1) is 10.2. The predicted molar refractivity (Wildman–Crippen MR) is 87.1 cm³/mol. The van der Waals surface area contributed by atoms with E-state index in [9.17, 15) is 0 Å². The molecule has 0 bridgehead atoms. The first-order valence-electron chi connectivity index (χ1n) is 8.22. The summed E-state index contributed by atoms with van der Waals surface area (Å²) in [5.41, 5.74) is 0. The molecule has 0 spiro atoms. The molecule has 1 aliphatic carbocycles. The Labute approximate surface area is 132 Å². The van der Waals surface area contributed by atoms with E-state index in [-0.39, 0.29) is 0 Å². The van der Waals surface area contributed by atoms with Crippen LogP contribution in [0.2, 0.25) is 5.02 Å². The summed E-state index contributed by atoms with van der Waals surface area (Å²) in [7, 11) is 0. The fraction of sp³-hybridized carbons (Fsp3) is 0.750. The molecule has 0 N–H and O–H groups in total. The maximum absolute atomic E-state index is 6.29. The van der Waals surface area contributed by atoms with Crippen LogP contribution in [0.3, 0.4) is 0 Å². The minimum Gasteiger partial charge on any atom is -0.354 e. The lowest BCUT2D eigenvalue weighted by atomic mass is 9.94. The Balaban J connectivity index is 1.66. The number of rotatable bonds is 2. The van der Waals surface area contributed by atoms with Crippen molar-refractivity contribution in [3.05, 3.63) is 17.0 Å². The molecule has 2 fully saturated rings. The summed E-state index contributed by atoms with van der Waals surface area (Å²) in [5.74, 6) is 1.71. The van der Waals surface area contributed by atoms with Crippen molar-refractivity contribution in [2.75, 3.05) is 31.1 Å². The molecule has 1 aromatic heterocycles. The minimum absolute atomic E-state index is 0.673. The minimum atomic E-state index is 0.673. The molecule has 1 saturated carbocycles. The summed E-state index contributed by atoms with van der Waals surface area (Å²) in [4.78, 5) is 13.7. The topological polar surface area (TPSA) is 32.3 Å². The van der Waals surface area contributed by atoms with Crippen molar-refractivity contribution < 1.29 is 0 Å². The van der Waals surface area contributed by atoms with Crippen molar-refractivity contribution in [3.8, 4) is 0 Å². The molecule has 116 valence electrons. The van der Waals surface area contributed by atoms with Gasteiger partial charge in [-0.25, -0.2) is 9.97 Å². The summed E-state index contributed by atoms with van der Waals surface area (Å²) in [6.07, 6.45) is 9.91. The van der Waals surface area contributed by atoms with Crippen LogP contribution in [0.1, 0.15) is 44.3 Å². The largest absolute Gasteiger partial charge is 0.354 e. The van der Waals surface area contributed by atoms with Crippen molar-refractivity contribution in [1.29, 1.82) is 0 Å². The van der Waals surface area contributed by atoms with Crippen LogP contribution in [-0.2, 0) is 0 Å². The van der Waals surface area contributed by atoms with Crippen LogP contribution in [0.5, 0.6) is 0 Å². The lowest BCUT2D eigenvalue weighted by Gasteiger charge is -2.33. The highest BCUT2D eigenvalue weighted by molar-refractivity contribution is 6.32. The molecule has 2 heterocycles. The van der Waals surface area contributed by atoms with E-state index < -0.39 is 0 Å². The van der Waals surface area contributed by atoms with Crippen LogP contribution in [0.15, 0.2) is 6.20 Å². The highest BCUT2D eigenvalue weighted by Gasteiger charge is 2.24. The van der Waals surface area contributed by atoms with Gasteiger partial charge in [-0.15, -0.1) is 0 Å². The fourth-order valence-corrected chi connectivity index (χ4v) is 3.84. The highest BCUT2D eigenvalue weighted by Crippen LogP contribution is 2.26. The van der Waals surface area contributed by atoms with E-state index >= 15 is 0 Å². The molecule has 1 aromatic rings. The van der Waals surface area contributed by atoms with E-state index in [4.69, 9.17) is 11.6 Å². The van der Waals surface area contributed by atoms with Gasteiger partial charge in [-0.2, -0.15) is 0 Å². The van der Waals surface area contributed by atoms with E-state index in [1.807, 2.05) is 6.92 Å². The molecule has 4 nitrogen and oxygen atoms in total. The van der Waals surface area contributed by atoms with E-state index in [0.717, 1.165) is 37.3 Å². The highest BCUT2D eigenvalue weighted by atomic mass is 35.5. The SMILES string of the molecule is Cc1ncc(Cl)c(N2CCCN(C3CCCCC3)CC2)n1. The summed E-state index contributed by atoms with van der Waals surface area (Å²) in [5, 5.41) is 0.673. The summed E-state index contributed by atoms with van der Waals surface area (Å²) >= 11 is 6.29. The molecule has 0 aromatic carbocycles. The van der Waals surface area contributed by atoms with E-state index in [0.29, 0.717) is 5.02 Å². The Hall–Kier alpha value is -0.870. The number of aromatic nitrogens is 2. The summed E-state index contributed by atoms with van der Waals surface area (Å²) < 4.78 is 0. The van der Waals surface area contributed by atoms with Gasteiger partial charge >= 0.3 is 0 Å². The van der Waals surface area contributed by atoms with Gasteiger partial charge in [0.2, 0.25) is 0 Å². The molecule has 0 unspecified atom stereocenters. The number of halogens is 1. The van der Waals surface area contributed by atoms with Gasteiger partial charge in [0, 0.05) is 32.2 Å².